The molecule has 124 valence electrons. The smallest absolute Gasteiger partial charge is 0.267 e. The van der Waals surface area contributed by atoms with Crippen LogP contribution in [0.15, 0.2) is 18.2 Å². The average Bonchev–Trinajstić information content (AvgIpc) is 2.94. The number of H-pyrrole nitrogens is 1. The number of amides is 1. The molecule has 4 nitrogen and oxygen atoms in total. The SMILES string of the molecule is CCCN1CCC(NC(=O)c2cc3c(C)cc(C)cc3[nH]2)CC1. The highest BCUT2D eigenvalue weighted by atomic mass is 16.1. The number of aryl methyl sites for hydroxylation is 2. The number of fused-ring (bicyclic) bond motifs is 1. The minimum Gasteiger partial charge on any atom is -0.351 e. The van der Waals surface area contributed by atoms with Crippen LogP contribution in [-0.4, -0.2) is 41.5 Å². The number of rotatable bonds is 4. The molecule has 4 heteroatoms. The van der Waals surface area contributed by atoms with Gasteiger partial charge in [-0.3, -0.25) is 4.79 Å². The molecular formula is C19H27N3O. The van der Waals surface area contributed by atoms with Gasteiger partial charge in [0.25, 0.3) is 5.91 Å². The van der Waals surface area contributed by atoms with Crippen molar-refractivity contribution in [3.05, 3.63) is 35.0 Å². The summed E-state index contributed by atoms with van der Waals surface area (Å²) in [4.78, 5) is 18.3. The van der Waals surface area contributed by atoms with E-state index in [4.69, 9.17) is 0 Å². The van der Waals surface area contributed by atoms with Crippen LogP contribution in [0.1, 0.15) is 47.8 Å². The van der Waals surface area contributed by atoms with Crippen molar-refractivity contribution >= 4 is 16.8 Å². The standard InChI is InChI=1S/C19H27N3O/c1-4-7-22-8-5-15(6-9-22)20-19(23)18-12-16-14(3)10-13(2)11-17(16)21-18/h10-12,15,21H,4-9H2,1-3H3,(H,20,23). The third-order valence-electron chi connectivity index (χ3n) is 4.80. The number of carbonyl (C=O) groups excluding carboxylic acids is 1. The van der Waals surface area contributed by atoms with Crippen molar-refractivity contribution in [2.24, 2.45) is 0 Å². The van der Waals surface area contributed by atoms with Crippen molar-refractivity contribution in [1.82, 2.24) is 15.2 Å². The van der Waals surface area contributed by atoms with Gasteiger partial charge in [-0.05, 0) is 62.9 Å². The fourth-order valence-corrected chi connectivity index (χ4v) is 3.60. The normalized spacial score (nSPS) is 16.8. The van der Waals surface area contributed by atoms with E-state index in [-0.39, 0.29) is 5.91 Å². The number of hydrogen-bond acceptors (Lipinski definition) is 2. The van der Waals surface area contributed by atoms with Gasteiger partial charge in [-0.15, -0.1) is 0 Å². The first kappa shape index (κ1) is 16.1. The summed E-state index contributed by atoms with van der Waals surface area (Å²) in [6, 6.07) is 6.53. The first-order chi connectivity index (χ1) is 11.1. The second-order valence-corrected chi connectivity index (χ2v) is 6.82. The molecular weight excluding hydrogens is 286 g/mol. The molecule has 0 radical (unpaired) electrons. The van der Waals surface area contributed by atoms with Gasteiger partial charge in [0.05, 0.1) is 0 Å². The van der Waals surface area contributed by atoms with E-state index in [1.807, 2.05) is 6.07 Å². The predicted molar refractivity (Wildman–Crippen MR) is 95.0 cm³/mol. The largest absolute Gasteiger partial charge is 0.351 e. The van der Waals surface area contributed by atoms with Crippen LogP contribution in [0.2, 0.25) is 0 Å². The second kappa shape index (κ2) is 6.75. The monoisotopic (exact) mass is 313 g/mol. The lowest BCUT2D eigenvalue weighted by Gasteiger charge is -2.31. The Bertz CT molecular complexity index is 696. The Kier molecular flexibility index (Phi) is 4.71. The molecule has 0 unspecified atom stereocenters. The van der Waals surface area contributed by atoms with E-state index in [1.54, 1.807) is 0 Å². The zero-order valence-corrected chi connectivity index (χ0v) is 14.4. The Hall–Kier alpha value is -1.81. The zero-order chi connectivity index (χ0) is 16.4. The predicted octanol–water partition coefficient (Wildman–Crippen LogP) is 3.39. The summed E-state index contributed by atoms with van der Waals surface area (Å²) >= 11 is 0. The number of nitrogens with zero attached hydrogens (tertiary/aromatic N) is 1. The lowest BCUT2D eigenvalue weighted by Crippen LogP contribution is -2.44. The van der Waals surface area contributed by atoms with Crippen LogP contribution in [0.4, 0.5) is 0 Å². The van der Waals surface area contributed by atoms with Crippen LogP contribution in [0.5, 0.6) is 0 Å². The average molecular weight is 313 g/mol. The fraction of sp³-hybridized carbons (Fsp3) is 0.526. The van der Waals surface area contributed by atoms with Crippen LogP contribution < -0.4 is 5.32 Å². The quantitative estimate of drug-likeness (QED) is 0.909. The fourth-order valence-electron chi connectivity index (χ4n) is 3.60. The molecule has 1 fully saturated rings. The van der Waals surface area contributed by atoms with Gasteiger partial charge in [0.2, 0.25) is 0 Å². The number of aromatic nitrogens is 1. The first-order valence-electron chi connectivity index (χ1n) is 8.70. The van der Waals surface area contributed by atoms with Crippen molar-refractivity contribution in [1.29, 1.82) is 0 Å². The molecule has 0 saturated carbocycles. The molecule has 0 atom stereocenters. The van der Waals surface area contributed by atoms with Crippen molar-refractivity contribution in [3.63, 3.8) is 0 Å². The topological polar surface area (TPSA) is 48.1 Å². The van der Waals surface area contributed by atoms with E-state index in [1.165, 1.54) is 24.1 Å². The molecule has 2 N–H and O–H groups in total. The lowest BCUT2D eigenvalue weighted by atomic mass is 10.0. The van der Waals surface area contributed by atoms with Crippen molar-refractivity contribution in [2.75, 3.05) is 19.6 Å². The van der Waals surface area contributed by atoms with Gasteiger partial charge < -0.3 is 15.2 Å². The van der Waals surface area contributed by atoms with Gasteiger partial charge in [0.1, 0.15) is 5.69 Å². The van der Waals surface area contributed by atoms with Gasteiger partial charge in [-0.25, -0.2) is 0 Å². The Morgan fingerprint density at radius 3 is 2.70 bits per heavy atom. The van der Waals surface area contributed by atoms with Crippen LogP contribution in [-0.2, 0) is 0 Å². The minimum absolute atomic E-state index is 0.0206. The van der Waals surface area contributed by atoms with Crippen molar-refractivity contribution < 1.29 is 4.79 Å². The third-order valence-corrected chi connectivity index (χ3v) is 4.80. The Labute approximate surface area is 138 Å². The summed E-state index contributed by atoms with van der Waals surface area (Å²) in [6.45, 7) is 9.73. The molecule has 0 spiro atoms. The van der Waals surface area contributed by atoms with Gasteiger partial charge >= 0.3 is 0 Å². The molecule has 23 heavy (non-hydrogen) atoms. The van der Waals surface area contributed by atoms with E-state index < -0.39 is 0 Å². The highest BCUT2D eigenvalue weighted by Crippen LogP contribution is 2.21. The number of aromatic amines is 1. The van der Waals surface area contributed by atoms with Crippen LogP contribution in [0.3, 0.4) is 0 Å². The maximum Gasteiger partial charge on any atom is 0.267 e. The summed E-state index contributed by atoms with van der Waals surface area (Å²) in [5.74, 6) is 0.0206. The van der Waals surface area contributed by atoms with Crippen LogP contribution >= 0.6 is 0 Å². The highest BCUT2D eigenvalue weighted by molar-refractivity contribution is 5.99. The van der Waals surface area contributed by atoms with Crippen molar-refractivity contribution in [3.8, 4) is 0 Å². The van der Waals surface area contributed by atoms with Gasteiger partial charge in [0, 0.05) is 30.0 Å². The Balaban J connectivity index is 1.66. The summed E-state index contributed by atoms with van der Waals surface area (Å²) in [5, 5.41) is 4.33. The van der Waals surface area contributed by atoms with E-state index >= 15 is 0 Å². The number of carbonyl (C=O) groups is 1. The maximum atomic E-state index is 12.5. The molecule has 1 aromatic carbocycles. The van der Waals surface area contributed by atoms with Crippen LogP contribution in [0.25, 0.3) is 10.9 Å². The molecule has 2 heterocycles. The Morgan fingerprint density at radius 2 is 2.00 bits per heavy atom. The maximum absolute atomic E-state index is 12.5. The van der Waals surface area contributed by atoms with Gasteiger partial charge in [-0.2, -0.15) is 0 Å². The number of likely N-dealkylation sites (tertiary alicyclic amines) is 1. The zero-order valence-electron chi connectivity index (χ0n) is 14.4. The third kappa shape index (κ3) is 3.58. The minimum atomic E-state index is 0.0206. The molecule has 1 saturated heterocycles. The van der Waals surface area contributed by atoms with Crippen LogP contribution in [0, 0.1) is 13.8 Å². The van der Waals surface area contributed by atoms with E-state index in [0.29, 0.717) is 11.7 Å². The summed E-state index contributed by atoms with van der Waals surface area (Å²) < 4.78 is 0. The summed E-state index contributed by atoms with van der Waals surface area (Å²) in [6.07, 6.45) is 3.29. The molecule has 1 amide bonds. The highest BCUT2D eigenvalue weighted by Gasteiger charge is 2.21. The molecule has 1 aliphatic rings. The number of nitrogens with one attached hydrogen (secondary N) is 2. The number of piperidine rings is 1. The van der Waals surface area contributed by atoms with Crippen molar-refractivity contribution in [2.45, 2.75) is 46.1 Å². The molecule has 1 aliphatic heterocycles. The molecule has 1 aromatic heterocycles. The summed E-state index contributed by atoms with van der Waals surface area (Å²) in [5.41, 5.74) is 4.14. The molecule has 3 rings (SSSR count). The van der Waals surface area contributed by atoms with Gasteiger partial charge in [-0.1, -0.05) is 13.0 Å². The van der Waals surface area contributed by atoms with E-state index in [9.17, 15) is 4.79 Å². The molecule has 2 aromatic rings. The van der Waals surface area contributed by atoms with Gasteiger partial charge in [0.15, 0.2) is 0 Å². The van der Waals surface area contributed by atoms with E-state index in [2.05, 4.69) is 48.1 Å². The summed E-state index contributed by atoms with van der Waals surface area (Å²) in [7, 11) is 0. The number of hydrogen-bond donors (Lipinski definition) is 2. The molecule has 0 bridgehead atoms. The lowest BCUT2D eigenvalue weighted by molar-refractivity contribution is 0.0907. The number of benzene rings is 1. The second-order valence-electron chi connectivity index (χ2n) is 6.82. The molecule has 0 aliphatic carbocycles. The first-order valence-corrected chi connectivity index (χ1v) is 8.70. The Morgan fingerprint density at radius 1 is 1.26 bits per heavy atom. The van der Waals surface area contributed by atoms with E-state index in [0.717, 1.165) is 36.8 Å².